The summed E-state index contributed by atoms with van der Waals surface area (Å²) >= 11 is 0. The Balaban J connectivity index is 1.93. The van der Waals surface area contributed by atoms with Gasteiger partial charge in [0, 0.05) is 23.3 Å². The highest BCUT2D eigenvalue weighted by atomic mass is 16.2. The fourth-order valence-electron chi connectivity index (χ4n) is 3.70. The van der Waals surface area contributed by atoms with Crippen molar-refractivity contribution in [2.75, 3.05) is 4.90 Å². The van der Waals surface area contributed by atoms with Crippen molar-refractivity contribution in [2.45, 2.75) is 39.8 Å². The van der Waals surface area contributed by atoms with Crippen LogP contribution in [-0.4, -0.2) is 26.7 Å². The first kappa shape index (κ1) is 19.8. The first-order valence-corrected chi connectivity index (χ1v) is 10.3. The maximum absolute atomic E-state index is 13.8. The van der Waals surface area contributed by atoms with Gasteiger partial charge in [0.2, 0.25) is 0 Å². The van der Waals surface area contributed by atoms with Gasteiger partial charge in [0.25, 0.3) is 5.91 Å². The molecule has 2 aromatic heterocycles. The summed E-state index contributed by atoms with van der Waals surface area (Å²) in [4.78, 5) is 20.5. The molecule has 5 nitrogen and oxygen atoms in total. The Bertz CT molecular complexity index is 1160. The molecule has 0 atom stereocenters. The molecule has 4 aromatic rings. The number of carbonyl (C=O) groups is 1. The van der Waals surface area contributed by atoms with Crippen LogP contribution in [-0.2, 0) is 0 Å². The van der Waals surface area contributed by atoms with Crippen molar-refractivity contribution in [1.29, 1.82) is 0 Å². The number of amides is 1. The van der Waals surface area contributed by atoms with Crippen LogP contribution >= 0.6 is 0 Å². The van der Waals surface area contributed by atoms with Gasteiger partial charge in [0.1, 0.15) is 0 Å². The lowest BCUT2D eigenvalue weighted by molar-refractivity contribution is 0.0982. The molecule has 5 heteroatoms. The van der Waals surface area contributed by atoms with E-state index in [0.29, 0.717) is 5.56 Å². The number of hydrogen-bond donors (Lipinski definition) is 0. The Morgan fingerprint density at radius 3 is 2.17 bits per heavy atom. The summed E-state index contributed by atoms with van der Waals surface area (Å²) in [5, 5.41) is 5.31. The first-order valence-electron chi connectivity index (χ1n) is 10.3. The normalized spacial score (nSPS) is 11.4. The monoisotopic (exact) mass is 398 g/mol. The fraction of sp³-hybridized carbons (Fsp3) is 0.240. The molecule has 1 amide bonds. The smallest absolute Gasteiger partial charge is 0.259 e. The minimum absolute atomic E-state index is 0.00318. The van der Waals surface area contributed by atoms with Gasteiger partial charge in [0.05, 0.1) is 22.8 Å². The second kappa shape index (κ2) is 8.11. The van der Waals surface area contributed by atoms with Crippen LogP contribution in [0, 0.1) is 0 Å². The molecule has 0 aliphatic carbocycles. The Kier molecular flexibility index (Phi) is 5.36. The van der Waals surface area contributed by atoms with Crippen molar-refractivity contribution in [3.05, 3.63) is 78.5 Å². The third kappa shape index (κ3) is 3.59. The summed E-state index contributed by atoms with van der Waals surface area (Å²) in [6, 6.07) is 21.8. The molecule has 152 valence electrons. The molecule has 30 heavy (non-hydrogen) atoms. The van der Waals surface area contributed by atoms with E-state index in [1.165, 1.54) is 0 Å². The quantitative estimate of drug-likeness (QED) is 0.431. The third-order valence-electron chi connectivity index (χ3n) is 5.13. The molecule has 4 rings (SSSR count). The highest BCUT2D eigenvalue weighted by molar-refractivity contribution is 6.14. The maximum atomic E-state index is 13.8. The molecule has 0 N–H and O–H groups in total. The molecule has 0 saturated carbocycles. The predicted octanol–water partition coefficient (Wildman–Crippen LogP) is 5.73. The average molecular weight is 399 g/mol. The SMILES string of the molecule is CC(C)N(C(=O)c1cc(-c2ccccc2)nc2c1cnn2C(C)C)c1ccccc1. The molecule has 0 fully saturated rings. The van der Waals surface area contributed by atoms with Crippen LogP contribution in [0.3, 0.4) is 0 Å². The zero-order chi connectivity index (χ0) is 21.3. The van der Waals surface area contributed by atoms with Gasteiger partial charge in [-0.05, 0) is 45.9 Å². The molecule has 0 bridgehead atoms. The topological polar surface area (TPSA) is 51.0 Å². The van der Waals surface area contributed by atoms with Crippen molar-refractivity contribution in [3.8, 4) is 11.3 Å². The number of pyridine rings is 1. The largest absolute Gasteiger partial charge is 0.306 e. The highest BCUT2D eigenvalue weighted by Gasteiger charge is 2.25. The molecule has 0 unspecified atom stereocenters. The number of anilines is 1. The van der Waals surface area contributed by atoms with Crippen molar-refractivity contribution in [3.63, 3.8) is 0 Å². The van der Waals surface area contributed by atoms with Gasteiger partial charge >= 0.3 is 0 Å². The fourth-order valence-corrected chi connectivity index (χ4v) is 3.70. The lowest BCUT2D eigenvalue weighted by atomic mass is 10.0. The standard InChI is InChI=1S/C25H26N4O/c1-17(2)28(20-13-9-6-10-14-20)25(30)21-15-23(19-11-7-5-8-12-19)27-24-22(21)16-26-29(24)18(3)4/h5-18H,1-4H3. The van der Waals surface area contributed by atoms with Crippen molar-refractivity contribution in [2.24, 2.45) is 0 Å². The Labute approximate surface area is 177 Å². The van der Waals surface area contributed by atoms with E-state index in [1.54, 1.807) is 6.20 Å². The number of fused-ring (bicyclic) bond motifs is 1. The molecular weight excluding hydrogens is 372 g/mol. The van der Waals surface area contributed by atoms with Crippen LogP contribution in [0.1, 0.15) is 44.1 Å². The van der Waals surface area contributed by atoms with Crippen LogP contribution in [0.2, 0.25) is 0 Å². The zero-order valence-corrected chi connectivity index (χ0v) is 17.8. The number of rotatable bonds is 5. The molecule has 0 aliphatic heterocycles. The van der Waals surface area contributed by atoms with Crippen LogP contribution in [0.15, 0.2) is 72.9 Å². The molecule has 0 spiro atoms. The lowest BCUT2D eigenvalue weighted by Gasteiger charge is -2.27. The van der Waals surface area contributed by atoms with E-state index in [1.807, 2.05) is 90.2 Å². The molecule has 0 radical (unpaired) electrons. The Morgan fingerprint density at radius 2 is 1.57 bits per heavy atom. The third-order valence-corrected chi connectivity index (χ3v) is 5.13. The number of benzene rings is 2. The number of aromatic nitrogens is 3. The summed E-state index contributed by atoms with van der Waals surface area (Å²) in [5.41, 5.74) is 3.96. The molecule has 2 heterocycles. The molecule has 0 aliphatic rings. The predicted molar refractivity (Wildman–Crippen MR) is 122 cm³/mol. The van der Waals surface area contributed by atoms with E-state index >= 15 is 0 Å². The van der Waals surface area contributed by atoms with Crippen molar-refractivity contribution < 1.29 is 4.79 Å². The Morgan fingerprint density at radius 1 is 0.933 bits per heavy atom. The van der Waals surface area contributed by atoms with Gasteiger partial charge in [0.15, 0.2) is 5.65 Å². The molecule has 2 aromatic carbocycles. The zero-order valence-electron chi connectivity index (χ0n) is 17.8. The van der Waals surface area contributed by atoms with E-state index in [2.05, 4.69) is 18.9 Å². The second-order valence-corrected chi connectivity index (χ2v) is 7.95. The maximum Gasteiger partial charge on any atom is 0.259 e. The van der Waals surface area contributed by atoms with Crippen molar-refractivity contribution in [1.82, 2.24) is 14.8 Å². The van der Waals surface area contributed by atoms with E-state index in [-0.39, 0.29) is 18.0 Å². The van der Waals surface area contributed by atoms with Gasteiger partial charge in [-0.25, -0.2) is 9.67 Å². The van der Waals surface area contributed by atoms with Crippen LogP contribution in [0.5, 0.6) is 0 Å². The van der Waals surface area contributed by atoms with E-state index < -0.39 is 0 Å². The molecular formula is C25H26N4O. The summed E-state index contributed by atoms with van der Waals surface area (Å²) in [6.07, 6.45) is 1.76. The van der Waals surface area contributed by atoms with Gasteiger partial charge in [-0.15, -0.1) is 0 Å². The minimum Gasteiger partial charge on any atom is -0.306 e. The van der Waals surface area contributed by atoms with Gasteiger partial charge in [-0.3, -0.25) is 4.79 Å². The Hall–Kier alpha value is -3.47. The van der Waals surface area contributed by atoms with E-state index in [9.17, 15) is 4.79 Å². The number of nitrogens with zero attached hydrogens (tertiary/aromatic N) is 4. The van der Waals surface area contributed by atoms with Gasteiger partial charge < -0.3 is 4.90 Å². The van der Waals surface area contributed by atoms with Gasteiger partial charge in [-0.1, -0.05) is 48.5 Å². The summed E-state index contributed by atoms with van der Waals surface area (Å²) in [5.74, 6) is -0.0518. The number of carbonyl (C=O) groups excluding carboxylic acids is 1. The van der Waals surface area contributed by atoms with E-state index in [4.69, 9.17) is 4.98 Å². The van der Waals surface area contributed by atoms with Crippen LogP contribution in [0.4, 0.5) is 5.69 Å². The lowest BCUT2D eigenvalue weighted by Crippen LogP contribution is -2.37. The average Bonchev–Trinajstić information content (AvgIpc) is 3.18. The molecule has 0 saturated heterocycles. The summed E-state index contributed by atoms with van der Waals surface area (Å²) in [6.45, 7) is 8.18. The summed E-state index contributed by atoms with van der Waals surface area (Å²) in [7, 11) is 0. The number of para-hydroxylation sites is 1. The van der Waals surface area contributed by atoms with E-state index in [0.717, 1.165) is 28.0 Å². The number of hydrogen-bond acceptors (Lipinski definition) is 3. The minimum atomic E-state index is -0.0518. The second-order valence-electron chi connectivity index (χ2n) is 7.95. The summed E-state index contributed by atoms with van der Waals surface area (Å²) < 4.78 is 1.88. The first-order chi connectivity index (χ1) is 14.5. The highest BCUT2D eigenvalue weighted by Crippen LogP contribution is 2.29. The van der Waals surface area contributed by atoms with Crippen LogP contribution in [0.25, 0.3) is 22.3 Å². The van der Waals surface area contributed by atoms with Gasteiger partial charge in [-0.2, -0.15) is 5.10 Å². The van der Waals surface area contributed by atoms with Crippen molar-refractivity contribution >= 4 is 22.6 Å². The van der Waals surface area contributed by atoms with Crippen LogP contribution < -0.4 is 4.90 Å².